The molecular weight excluding hydrogens is 277 g/mol. The first kappa shape index (κ1) is 9.36. The number of hydrogen-bond acceptors (Lipinski definition) is 3. The molecule has 1 saturated heterocycles. The Hall–Kier alpha value is -0.200. The molecule has 1 aliphatic rings. The highest BCUT2D eigenvalue weighted by Crippen LogP contribution is 2.14. The number of nitrogens with one attached hydrogen (secondary N) is 2. The highest BCUT2D eigenvalue weighted by atomic mass is 127. The van der Waals surface area contributed by atoms with Gasteiger partial charge >= 0.3 is 0 Å². The first-order chi connectivity index (χ1) is 6.36. The van der Waals surface area contributed by atoms with Crippen molar-refractivity contribution in [3.63, 3.8) is 0 Å². The fourth-order valence-electron chi connectivity index (χ4n) is 1.51. The summed E-state index contributed by atoms with van der Waals surface area (Å²) in [6.45, 7) is 3.10. The molecule has 2 N–H and O–H groups in total. The van der Waals surface area contributed by atoms with Gasteiger partial charge in [0.2, 0.25) is 0 Å². The van der Waals surface area contributed by atoms with Crippen LogP contribution in [0.15, 0.2) is 18.5 Å². The maximum Gasteiger partial charge on any atom is 0.0462 e. The zero-order chi connectivity index (χ0) is 9.10. The molecule has 1 aromatic heterocycles. The lowest BCUT2D eigenvalue weighted by atomic mass is 10.1. The van der Waals surface area contributed by atoms with Crippen LogP contribution < -0.4 is 10.6 Å². The van der Waals surface area contributed by atoms with Crippen molar-refractivity contribution < 1.29 is 0 Å². The molecular formula is C9H12IN3. The van der Waals surface area contributed by atoms with Crippen molar-refractivity contribution in [3.05, 3.63) is 27.6 Å². The van der Waals surface area contributed by atoms with Crippen molar-refractivity contribution in [2.45, 2.75) is 6.04 Å². The first-order valence-corrected chi connectivity index (χ1v) is 5.49. The van der Waals surface area contributed by atoms with E-state index < -0.39 is 0 Å². The SMILES string of the molecule is Ic1cncc(C2CNCCN2)c1. The maximum atomic E-state index is 4.18. The molecule has 1 aromatic rings. The predicted octanol–water partition coefficient (Wildman–Crippen LogP) is 0.920. The van der Waals surface area contributed by atoms with Crippen LogP contribution in [0.1, 0.15) is 11.6 Å². The number of rotatable bonds is 1. The predicted molar refractivity (Wildman–Crippen MR) is 60.6 cm³/mol. The number of halogens is 1. The van der Waals surface area contributed by atoms with E-state index in [1.54, 1.807) is 0 Å². The zero-order valence-electron chi connectivity index (χ0n) is 7.26. The summed E-state index contributed by atoms with van der Waals surface area (Å²) < 4.78 is 1.20. The standard InChI is InChI=1S/C9H12IN3/c10-8-3-7(4-12-5-8)9-6-11-1-2-13-9/h3-5,9,11,13H,1-2,6H2. The molecule has 0 saturated carbocycles. The molecule has 0 aromatic carbocycles. The third-order valence-electron chi connectivity index (χ3n) is 2.17. The third kappa shape index (κ3) is 2.38. The van der Waals surface area contributed by atoms with Crippen molar-refractivity contribution in [2.75, 3.05) is 19.6 Å². The molecule has 2 rings (SSSR count). The van der Waals surface area contributed by atoms with E-state index in [0.717, 1.165) is 19.6 Å². The van der Waals surface area contributed by atoms with Gasteiger partial charge in [0.15, 0.2) is 0 Å². The van der Waals surface area contributed by atoms with Crippen LogP contribution in [0.4, 0.5) is 0 Å². The van der Waals surface area contributed by atoms with Crippen LogP contribution in [0, 0.1) is 3.57 Å². The summed E-state index contributed by atoms with van der Waals surface area (Å²) >= 11 is 2.29. The lowest BCUT2D eigenvalue weighted by molar-refractivity contribution is 0.429. The molecule has 3 nitrogen and oxygen atoms in total. The van der Waals surface area contributed by atoms with E-state index in [4.69, 9.17) is 0 Å². The molecule has 2 heterocycles. The quantitative estimate of drug-likeness (QED) is 0.755. The van der Waals surface area contributed by atoms with E-state index in [2.05, 4.69) is 44.3 Å². The molecule has 1 unspecified atom stereocenters. The molecule has 4 heteroatoms. The van der Waals surface area contributed by atoms with Crippen molar-refractivity contribution in [3.8, 4) is 0 Å². The van der Waals surface area contributed by atoms with Gasteiger partial charge in [-0.1, -0.05) is 0 Å². The van der Waals surface area contributed by atoms with Crippen LogP contribution in [0.5, 0.6) is 0 Å². The van der Waals surface area contributed by atoms with Crippen LogP contribution >= 0.6 is 22.6 Å². The Morgan fingerprint density at radius 1 is 1.38 bits per heavy atom. The number of piperazine rings is 1. The zero-order valence-corrected chi connectivity index (χ0v) is 9.41. The van der Waals surface area contributed by atoms with Gasteiger partial charge in [-0.3, -0.25) is 4.98 Å². The highest BCUT2D eigenvalue weighted by Gasteiger charge is 2.14. The Bertz CT molecular complexity index is 284. The van der Waals surface area contributed by atoms with E-state index in [0.29, 0.717) is 6.04 Å². The van der Waals surface area contributed by atoms with Crippen molar-refractivity contribution >= 4 is 22.6 Å². The van der Waals surface area contributed by atoms with Gasteiger partial charge in [0.1, 0.15) is 0 Å². The lowest BCUT2D eigenvalue weighted by Gasteiger charge is -2.24. The number of hydrogen-bond donors (Lipinski definition) is 2. The largest absolute Gasteiger partial charge is 0.314 e. The minimum Gasteiger partial charge on any atom is -0.314 e. The van der Waals surface area contributed by atoms with Crippen LogP contribution in [-0.2, 0) is 0 Å². The summed E-state index contributed by atoms with van der Waals surface area (Å²) in [5.41, 5.74) is 1.28. The third-order valence-corrected chi connectivity index (χ3v) is 2.76. The average molecular weight is 289 g/mol. The number of aromatic nitrogens is 1. The molecule has 70 valence electrons. The Kier molecular flexibility index (Phi) is 3.13. The molecule has 0 aliphatic carbocycles. The minimum absolute atomic E-state index is 0.427. The fraction of sp³-hybridized carbons (Fsp3) is 0.444. The maximum absolute atomic E-state index is 4.18. The van der Waals surface area contributed by atoms with Crippen LogP contribution in [0.2, 0.25) is 0 Å². The van der Waals surface area contributed by atoms with E-state index in [1.165, 1.54) is 9.13 Å². The molecule has 13 heavy (non-hydrogen) atoms. The van der Waals surface area contributed by atoms with Crippen molar-refractivity contribution in [1.29, 1.82) is 0 Å². The second-order valence-corrected chi connectivity index (χ2v) is 4.39. The van der Waals surface area contributed by atoms with E-state index in [1.807, 2.05) is 12.4 Å². The Labute approximate surface area is 91.5 Å². The van der Waals surface area contributed by atoms with Gasteiger partial charge in [0.25, 0.3) is 0 Å². The second kappa shape index (κ2) is 4.34. The summed E-state index contributed by atoms with van der Waals surface area (Å²) in [6.07, 6.45) is 3.81. The topological polar surface area (TPSA) is 37.0 Å². The Morgan fingerprint density at radius 3 is 3.00 bits per heavy atom. The highest BCUT2D eigenvalue weighted by molar-refractivity contribution is 14.1. The summed E-state index contributed by atoms with van der Waals surface area (Å²) in [4.78, 5) is 4.18. The van der Waals surface area contributed by atoms with Crippen LogP contribution in [0.25, 0.3) is 0 Å². The minimum atomic E-state index is 0.427. The summed E-state index contributed by atoms with van der Waals surface area (Å²) in [7, 11) is 0. The monoisotopic (exact) mass is 289 g/mol. The second-order valence-electron chi connectivity index (χ2n) is 3.15. The van der Waals surface area contributed by atoms with E-state index >= 15 is 0 Å². The number of pyridine rings is 1. The normalized spacial score (nSPS) is 23.0. The molecule has 0 spiro atoms. The average Bonchev–Trinajstić information content (AvgIpc) is 2.19. The van der Waals surface area contributed by atoms with Gasteiger partial charge < -0.3 is 10.6 Å². The molecule has 0 radical (unpaired) electrons. The molecule has 1 atom stereocenters. The number of nitrogens with zero attached hydrogens (tertiary/aromatic N) is 1. The van der Waals surface area contributed by atoms with Gasteiger partial charge in [0, 0.05) is 41.6 Å². The fourth-order valence-corrected chi connectivity index (χ4v) is 2.03. The van der Waals surface area contributed by atoms with Crippen LogP contribution in [0.3, 0.4) is 0 Å². The van der Waals surface area contributed by atoms with Gasteiger partial charge in [-0.05, 0) is 34.2 Å². The van der Waals surface area contributed by atoms with Gasteiger partial charge in [-0.25, -0.2) is 0 Å². The molecule has 1 fully saturated rings. The van der Waals surface area contributed by atoms with E-state index in [9.17, 15) is 0 Å². The smallest absolute Gasteiger partial charge is 0.0462 e. The molecule has 0 bridgehead atoms. The lowest BCUT2D eigenvalue weighted by Crippen LogP contribution is -2.42. The summed E-state index contributed by atoms with van der Waals surface area (Å²) in [6, 6.07) is 2.61. The summed E-state index contributed by atoms with van der Waals surface area (Å²) in [5.74, 6) is 0. The van der Waals surface area contributed by atoms with Gasteiger partial charge in [-0.2, -0.15) is 0 Å². The van der Waals surface area contributed by atoms with Gasteiger partial charge in [0.05, 0.1) is 0 Å². The first-order valence-electron chi connectivity index (χ1n) is 4.41. The van der Waals surface area contributed by atoms with Crippen molar-refractivity contribution in [1.82, 2.24) is 15.6 Å². The van der Waals surface area contributed by atoms with E-state index in [-0.39, 0.29) is 0 Å². The molecule has 1 aliphatic heterocycles. The van der Waals surface area contributed by atoms with Crippen molar-refractivity contribution in [2.24, 2.45) is 0 Å². The Balaban J connectivity index is 2.14. The summed E-state index contributed by atoms with van der Waals surface area (Å²) in [5, 5.41) is 6.82. The Morgan fingerprint density at radius 2 is 2.31 bits per heavy atom. The van der Waals surface area contributed by atoms with Crippen LogP contribution in [-0.4, -0.2) is 24.6 Å². The van der Waals surface area contributed by atoms with Gasteiger partial charge in [-0.15, -0.1) is 0 Å². The molecule has 0 amide bonds.